The lowest BCUT2D eigenvalue weighted by Crippen LogP contribution is -2.41. The average Bonchev–Trinajstić information content (AvgIpc) is 3.39. The van der Waals surface area contributed by atoms with Crippen LogP contribution in [0.4, 0.5) is 10.5 Å². The van der Waals surface area contributed by atoms with Gasteiger partial charge in [-0.15, -0.1) is 11.3 Å². The van der Waals surface area contributed by atoms with Gasteiger partial charge in [-0.2, -0.15) is 4.31 Å². The Kier molecular flexibility index (Phi) is 7.10. The molecule has 1 saturated heterocycles. The summed E-state index contributed by atoms with van der Waals surface area (Å²) in [7, 11) is -2.38. The first-order valence-electron chi connectivity index (χ1n) is 10.2. The van der Waals surface area contributed by atoms with Crippen molar-refractivity contribution < 1.29 is 27.5 Å². The van der Waals surface area contributed by atoms with E-state index in [1.807, 2.05) is 0 Å². The summed E-state index contributed by atoms with van der Waals surface area (Å²) in [5.41, 5.74) is -1.13. The summed E-state index contributed by atoms with van der Waals surface area (Å²) >= 11 is 1.32. The molecule has 2 aromatic rings. The second-order valence-electron chi connectivity index (χ2n) is 7.42. The number of anilines is 1. The minimum atomic E-state index is -3.77. The molecule has 1 aromatic carbocycles. The van der Waals surface area contributed by atoms with Gasteiger partial charge >= 0.3 is 6.03 Å². The predicted octanol–water partition coefficient (Wildman–Crippen LogP) is 2.19. The third-order valence-corrected chi connectivity index (χ3v) is 8.52. The Bertz CT molecular complexity index is 1160. The number of methoxy groups -OCH3 is 1. The van der Waals surface area contributed by atoms with Crippen molar-refractivity contribution in [2.24, 2.45) is 0 Å². The van der Waals surface area contributed by atoms with Gasteiger partial charge in [-0.3, -0.25) is 14.5 Å². The van der Waals surface area contributed by atoms with Gasteiger partial charge in [0.05, 0.1) is 17.7 Å². The van der Waals surface area contributed by atoms with E-state index in [0.717, 1.165) is 4.90 Å². The number of rotatable bonds is 9. The first-order valence-corrected chi connectivity index (χ1v) is 12.6. The van der Waals surface area contributed by atoms with Crippen molar-refractivity contribution in [2.45, 2.75) is 31.2 Å². The Hall–Kier alpha value is -2.96. The minimum Gasteiger partial charge on any atom is -0.495 e. The fraction of sp³-hybridized carbons (Fsp3) is 0.381. The third kappa shape index (κ3) is 4.59. The highest BCUT2D eigenvalue weighted by atomic mass is 32.2. The summed E-state index contributed by atoms with van der Waals surface area (Å²) in [6.07, 6.45) is 0. The number of thiophene rings is 1. The Balaban J connectivity index is 1.82. The van der Waals surface area contributed by atoms with Crippen LogP contribution in [0, 0.1) is 0 Å². The first-order chi connectivity index (χ1) is 15.6. The monoisotopic (exact) mass is 494 g/mol. The molecule has 1 atom stereocenters. The second kappa shape index (κ2) is 9.49. The molecule has 1 fully saturated rings. The van der Waals surface area contributed by atoms with Crippen molar-refractivity contribution in [3.8, 4) is 5.75 Å². The molecule has 2 N–H and O–H groups in total. The molecule has 178 valence electrons. The number of nitrogens with one attached hydrogen (secondary N) is 2. The maximum Gasteiger partial charge on any atom is 0.325 e. The molecular weight excluding hydrogens is 468 g/mol. The highest BCUT2D eigenvalue weighted by Gasteiger charge is 2.50. The number of benzene rings is 1. The van der Waals surface area contributed by atoms with Crippen molar-refractivity contribution in [1.29, 1.82) is 0 Å². The van der Waals surface area contributed by atoms with E-state index in [1.165, 1.54) is 41.0 Å². The first kappa shape index (κ1) is 24.7. The summed E-state index contributed by atoms with van der Waals surface area (Å²) in [5, 5.41) is 6.99. The Labute approximate surface area is 196 Å². The van der Waals surface area contributed by atoms with E-state index >= 15 is 0 Å². The fourth-order valence-electron chi connectivity index (χ4n) is 3.56. The van der Waals surface area contributed by atoms with E-state index in [-0.39, 0.29) is 16.3 Å². The number of hydrogen-bond acceptors (Lipinski definition) is 7. The van der Waals surface area contributed by atoms with Crippen LogP contribution in [0.1, 0.15) is 25.6 Å². The SMILES string of the molecule is CCN(CC)S(=O)(=O)c1ccc(OC)c(NC(=O)CN2C(=O)NC(C)(c3cccs3)C2=O)c1. The summed E-state index contributed by atoms with van der Waals surface area (Å²) in [6.45, 7) is 5.09. The Morgan fingerprint density at radius 3 is 2.52 bits per heavy atom. The lowest BCUT2D eigenvalue weighted by molar-refractivity contribution is -0.133. The quantitative estimate of drug-likeness (QED) is 0.515. The lowest BCUT2D eigenvalue weighted by Gasteiger charge is -2.21. The number of sulfonamides is 1. The Morgan fingerprint density at radius 1 is 1.24 bits per heavy atom. The van der Waals surface area contributed by atoms with Gasteiger partial charge in [0.25, 0.3) is 5.91 Å². The number of hydrogen-bond donors (Lipinski definition) is 2. The summed E-state index contributed by atoms with van der Waals surface area (Å²) < 4.78 is 32.2. The van der Waals surface area contributed by atoms with E-state index < -0.39 is 40.0 Å². The number of ether oxygens (including phenoxy) is 1. The number of carbonyl (C=O) groups excluding carboxylic acids is 3. The van der Waals surface area contributed by atoms with Crippen LogP contribution in [-0.2, 0) is 25.2 Å². The van der Waals surface area contributed by atoms with Gasteiger partial charge in [0.15, 0.2) is 5.54 Å². The van der Waals surface area contributed by atoms with Gasteiger partial charge in [-0.05, 0) is 36.6 Å². The van der Waals surface area contributed by atoms with Crippen LogP contribution < -0.4 is 15.4 Å². The van der Waals surface area contributed by atoms with Crippen molar-refractivity contribution in [1.82, 2.24) is 14.5 Å². The van der Waals surface area contributed by atoms with E-state index in [9.17, 15) is 22.8 Å². The van der Waals surface area contributed by atoms with Gasteiger partial charge in [0.2, 0.25) is 15.9 Å². The molecular formula is C21H26N4O6S2. The maximum atomic E-state index is 12.9. The normalized spacial score (nSPS) is 18.5. The average molecular weight is 495 g/mol. The van der Waals surface area contributed by atoms with Crippen molar-refractivity contribution in [3.63, 3.8) is 0 Å². The zero-order valence-electron chi connectivity index (χ0n) is 18.7. The molecule has 0 radical (unpaired) electrons. The van der Waals surface area contributed by atoms with Crippen molar-refractivity contribution in [2.75, 3.05) is 32.1 Å². The minimum absolute atomic E-state index is 0.0115. The zero-order valence-corrected chi connectivity index (χ0v) is 20.4. The summed E-state index contributed by atoms with van der Waals surface area (Å²) in [5.74, 6) is -0.984. The topological polar surface area (TPSA) is 125 Å². The van der Waals surface area contributed by atoms with Gasteiger partial charge in [0.1, 0.15) is 12.3 Å². The smallest absolute Gasteiger partial charge is 0.325 e. The molecule has 0 saturated carbocycles. The van der Waals surface area contributed by atoms with Crippen LogP contribution in [0.15, 0.2) is 40.6 Å². The van der Waals surface area contributed by atoms with E-state index in [0.29, 0.717) is 18.0 Å². The van der Waals surface area contributed by atoms with Gasteiger partial charge in [-0.1, -0.05) is 19.9 Å². The number of urea groups is 1. The molecule has 0 spiro atoms. The van der Waals surface area contributed by atoms with Crippen LogP contribution in [0.25, 0.3) is 0 Å². The van der Waals surface area contributed by atoms with Crippen LogP contribution >= 0.6 is 11.3 Å². The highest BCUT2D eigenvalue weighted by Crippen LogP contribution is 2.32. The second-order valence-corrected chi connectivity index (χ2v) is 10.3. The van der Waals surface area contributed by atoms with Crippen LogP contribution in [0.3, 0.4) is 0 Å². The molecule has 33 heavy (non-hydrogen) atoms. The van der Waals surface area contributed by atoms with Crippen molar-refractivity contribution in [3.05, 3.63) is 40.6 Å². The number of amides is 4. The lowest BCUT2D eigenvalue weighted by atomic mass is 10.0. The number of carbonyl (C=O) groups is 3. The Morgan fingerprint density at radius 2 is 1.94 bits per heavy atom. The zero-order chi connectivity index (χ0) is 24.4. The molecule has 1 aliphatic rings. The van der Waals surface area contributed by atoms with E-state index in [1.54, 1.807) is 38.3 Å². The predicted molar refractivity (Wildman–Crippen MR) is 124 cm³/mol. The maximum absolute atomic E-state index is 12.9. The molecule has 2 heterocycles. The molecule has 1 aromatic heterocycles. The molecule has 1 aliphatic heterocycles. The molecule has 10 nitrogen and oxygen atoms in total. The van der Waals surface area contributed by atoms with Crippen LogP contribution in [0.5, 0.6) is 5.75 Å². The van der Waals surface area contributed by atoms with Crippen molar-refractivity contribution >= 4 is 44.9 Å². The summed E-state index contributed by atoms with van der Waals surface area (Å²) in [6, 6.07) is 6.95. The van der Waals surface area contributed by atoms with Gasteiger partial charge in [0, 0.05) is 18.0 Å². The van der Waals surface area contributed by atoms with E-state index in [2.05, 4.69) is 10.6 Å². The largest absolute Gasteiger partial charge is 0.495 e. The molecule has 1 unspecified atom stereocenters. The van der Waals surface area contributed by atoms with Crippen LogP contribution in [0.2, 0.25) is 0 Å². The molecule has 0 bridgehead atoms. The fourth-order valence-corrected chi connectivity index (χ4v) is 5.88. The van der Waals surface area contributed by atoms with Gasteiger partial charge in [-0.25, -0.2) is 13.2 Å². The molecule has 12 heteroatoms. The van der Waals surface area contributed by atoms with Crippen LogP contribution in [-0.4, -0.2) is 62.2 Å². The number of nitrogens with zero attached hydrogens (tertiary/aromatic N) is 2. The van der Waals surface area contributed by atoms with Gasteiger partial charge < -0.3 is 15.4 Å². The molecule has 0 aliphatic carbocycles. The molecule has 4 amide bonds. The van der Waals surface area contributed by atoms with E-state index in [4.69, 9.17) is 4.74 Å². The highest BCUT2D eigenvalue weighted by molar-refractivity contribution is 7.89. The summed E-state index contributed by atoms with van der Waals surface area (Å²) in [4.78, 5) is 39.6. The molecule has 3 rings (SSSR count). The number of imide groups is 1. The third-order valence-electron chi connectivity index (χ3n) is 5.38. The standard InChI is InChI=1S/C21H26N4O6S2/c1-5-24(6-2)33(29,30)14-9-10-16(31-4)15(12-14)22-18(26)13-25-19(27)21(3,23-20(25)28)17-8-7-11-32-17/h7-12H,5-6,13H2,1-4H3,(H,22,26)(H,23,28).